The normalized spacial score (nSPS) is 20.4. The fourth-order valence-electron chi connectivity index (χ4n) is 5.13. The van der Waals surface area contributed by atoms with Crippen LogP contribution in [0.3, 0.4) is 0 Å². The maximum atomic E-state index is 13.9. The summed E-state index contributed by atoms with van der Waals surface area (Å²) >= 11 is 2.19. The second kappa shape index (κ2) is 11.6. The summed E-state index contributed by atoms with van der Waals surface area (Å²) in [5, 5.41) is 2.88. The first kappa shape index (κ1) is 27.6. The van der Waals surface area contributed by atoms with Gasteiger partial charge in [-0.15, -0.1) is 0 Å². The molecule has 1 saturated heterocycles. The zero-order valence-corrected chi connectivity index (χ0v) is 23.9. The Hall–Kier alpha value is -3.40. The number of hydrogen-bond acceptors (Lipinski definition) is 5. The summed E-state index contributed by atoms with van der Waals surface area (Å²) in [7, 11) is 1.59. The van der Waals surface area contributed by atoms with Crippen molar-refractivity contribution >= 4 is 46.1 Å². The summed E-state index contributed by atoms with van der Waals surface area (Å²) < 4.78 is 11.9. The molecule has 1 aliphatic heterocycles. The number of anilines is 1. The van der Waals surface area contributed by atoms with Gasteiger partial charge in [0.25, 0.3) is 0 Å². The molecule has 0 saturated carbocycles. The van der Waals surface area contributed by atoms with E-state index in [0.717, 1.165) is 14.7 Å². The molecule has 1 aliphatic rings. The average molecular weight is 626 g/mol. The van der Waals surface area contributed by atoms with Crippen molar-refractivity contribution in [3.63, 3.8) is 0 Å². The van der Waals surface area contributed by atoms with Crippen LogP contribution in [-0.2, 0) is 32.1 Å². The molecule has 0 aliphatic carbocycles. The lowest BCUT2D eigenvalue weighted by Gasteiger charge is -2.61. The quantitative estimate of drug-likeness (QED) is 0.190. The number of nitrogens with one attached hydrogen (secondary N) is 1. The van der Waals surface area contributed by atoms with Crippen molar-refractivity contribution in [1.29, 1.82) is 0 Å². The molecule has 0 bridgehead atoms. The van der Waals surface area contributed by atoms with Crippen LogP contribution in [0.25, 0.3) is 0 Å². The molecule has 0 aromatic heterocycles. The average Bonchev–Trinajstić information content (AvgIpc) is 2.92. The van der Waals surface area contributed by atoms with Crippen molar-refractivity contribution in [3.8, 4) is 5.75 Å². The van der Waals surface area contributed by atoms with Gasteiger partial charge >= 0.3 is 5.97 Å². The van der Waals surface area contributed by atoms with E-state index in [-0.39, 0.29) is 37.8 Å². The minimum atomic E-state index is -1.37. The van der Waals surface area contributed by atoms with Crippen LogP contribution in [0.5, 0.6) is 5.75 Å². The molecule has 7 nitrogen and oxygen atoms in total. The highest BCUT2D eigenvalue weighted by atomic mass is 127. The molecular formula is C30H31IN2O5. The summed E-state index contributed by atoms with van der Waals surface area (Å²) in [6, 6.07) is 24.3. The van der Waals surface area contributed by atoms with E-state index < -0.39 is 16.9 Å². The molecule has 0 unspecified atom stereocenters. The van der Waals surface area contributed by atoms with Gasteiger partial charge in [-0.2, -0.15) is 0 Å². The molecule has 3 aromatic carbocycles. The summed E-state index contributed by atoms with van der Waals surface area (Å²) in [6.07, 6.45) is 0.0600. The number of rotatable bonds is 10. The van der Waals surface area contributed by atoms with E-state index in [1.54, 1.807) is 25.9 Å². The zero-order valence-electron chi connectivity index (χ0n) is 21.7. The molecule has 1 N–H and O–H groups in total. The lowest BCUT2D eigenvalue weighted by Crippen LogP contribution is -2.81. The van der Waals surface area contributed by atoms with E-state index in [2.05, 4.69) is 27.9 Å². The topological polar surface area (TPSA) is 84.9 Å². The number of likely N-dealkylation sites (tertiary alicyclic amines) is 1. The third kappa shape index (κ3) is 5.27. The summed E-state index contributed by atoms with van der Waals surface area (Å²) in [6.45, 7) is 3.80. The molecule has 8 heteroatoms. The van der Waals surface area contributed by atoms with Crippen molar-refractivity contribution in [2.24, 2.45) is 5.41 Å². The molecule has 2 atom stereocenters. The molecule has 0 spiro atoms. The number of carbonyl (C=O) groups excluding carboxylic acids is 3. The van der Waals surface area contributed by atoms with Gasteiger partial charge < -0.3 is 19.7 Å². The zero-order chi connectivity index (χ0) is 27.3. The van der Waals surface area contributed by atoms with Crippen LogP contribution in [0.4, 0.5) is 5.69 Å². The molecule has 4 rings (SSSR count). The van der Waals surface area contributed by atoms with Crippen molar-refractivity contribution < 1.29 is 23.9 Å². The number of benzene rings is 3. The number of ether oxygens (including phenoxy) is 2. The van der Waals surface area contributed by atoms with Gasteiger partial charge in [0.2, 0.25) is 11.8 Å². The van der Waals surface area contributed by atoms with Gasteiger partial charge in [0.05, 0.1) is 19.1 Å². The van der Waals surface area contributed by atoms with Crippen LogP contribution >= 0.6 is 22.6 Å². The maximum Gasteiger partial charge on any atom is 0.333 e. The number of carbonyl (C=O) groups is 3. The number of nitrogens with zero attached hydrogens (tertiary/aromatic N) is 1. The van der Waals surface area contributed by atoms with Crippen molar-refractivity contribution in [2.45, 2.75) is 38.8 Å². The lowest BCUT2D eigenvalue weighted by molar-refractivity contribution is -0.210. The Balaban J connectivity index is 1.72. The minimum absolute atomic E-state index is 0.158. The van der Waals surface area contributed by atoms with Crippen molar-refractivity contribution in [3.05, 3.63) is 93.6 Å². The fourth-order valence-corrected chi connectivity index (χ4v) is 5.49. The van der Waals surface area contributed by atoms with E-state index >= 15 is 0 Å². The highest BCUT2D eigenvalue weighted by Gasteiger charge is 2.73. The Morgan fingerprint density at radius 3 is 2.21 bits per heavy atom. The van der Waals surface area contributed by atoms with E-state index in [0.29, 0.717) is 11.4 Å². The number of esters is 1. The van der Waals surface area contributed by atoms with Crippen LogP contribution in [0.15, 0.2) is 78.9 Å². The van der Waals surface area contributed by atoms with Crippen LogP contribution in [0.1, 0.15) is 31.4 Å². The van der Waals surface area contributed by atoms with E-state index in [9.17, 15) is 14.4 Å². The molecule has 1 heterocycles. The van der Waals surface area contributed by atoms with Gasteiger partial charge in [-0.3, -0.25) is 9.59 Å². The van der Waals surface area contributed by atoms with Crippen molar-refractivity contribution in [1.82, 2.24) is 4.90 Å². The van der Waals surface area contributed by atoms with Gasteiger partial charge in [0.15, 0.2) is 5.54 Å². The molecule has 2 amide bonds. The highest BCUT2D eigenvalue weighted by molar-refractivity contribution is 14.1. The Morgan fingerprint density at radius 2 is 1.61 bits per heavy atom. The molecule has 1 fully saturated rings. The van der Waals surface area contributed by atoms with Gasteiger partial charge in [0, 0.05) is 28.6 Å². The summed E-state index contributed by atoms with van der Waals surface area (Å²) in [4.78, 5) is 42.5. The van der Waals surface area contributed by atoms with Crippen LogP contribution in [0, 0.1) is 8.99 Å². The first-order valence-corrected chi connectivity index (χ1v) is 13.5. The van der Waals surface area contributed by atoms with Gasteiger partial charge in [-0.05, 0) is 84.0 Å². The van der Waals surface area contributed by atoms with Gasteiger partial charge in [0.1, 0.15) is 5.75 Å². The number of amides is 2. The van der Waals surface area contributed by atoms with E-state index in [1.807, 2.05) is 78.9 Å². The minimum Gasteiger partial charge on any atom is -0.497 e. The molecule has 3 aromatic rings. The number of methoxy groups -OCH3 is 1. The van der Waals surface area contributed by atoms with E-state index in [4.69, 9.17) is 9.47 Å². The lowest BCUT2D eigenvalue weighted by atomic mass is 9.56. The van der Waals surface area contributed by atoms with Crippen LogP contribution in [-0.4, -0.2) is 41.9 Å². The predicted molar refractivity (Wildman–Crippen MR) is 154 cm³/mol. The third-order valence-electron chi connectivity index (χ3n) is 7.15. The molecule has 0 radical (unpaired) electrons. The molecular weight excluding hydrogens is 595 g/mol. The first-order chi connectivity index (χ1) is 18.2. The third-order valence-corrected chi connectivity index (χ3v) is 7.87. The Bertz CT molecular complexity index is 1300. The number of β-lactam (4-membered cyclic amide) rings is 1. The van der Waals surface area contributed by atoms with Gasteiger partial charge in [-0.25, -0.2) is 4.79 Å². The molecule has 198 valence electrons. The Morgan fingerprint density at radius 1 is 0.947 bits per heavy atom. The van der Waals surface area contributed by atoms with Crippen molar-refractivity contribution in [2.75, 3.05) is 19.0 Å². The first-order valence-electron chi connectivity index (χ1n) is 12.4. The second-order valence-corrected chi connectivity index (χ2v) is 10.8. The fraction of sp³-hybridized carbons (Fsp3) is 0.300. The number of halogens is 1. The number of hydrogen-bond donors (Lipinski definition) is 1. The second-order valence-electron chi connectivity index (χ2n) is 9.55. The smallest absolute Gasteiger partial charge is 0.333 e. The van der Waals surface area contributed by atoms with Gasteiger partial charge in [-0.1, -0.05) is 42.5 Å². The van der Waals surface area contributed by atoms with E-state index in [1.165, 1.54) is 0 Å². The van der Waals surface area contributed by atoms with Crippen LogP contribution in [0.2, 0.25) is 0 Å². The highest BCUT2D eigenvalue weighted by Crippen LogP contribution is 2.54. The summed E-state index contributed by atoms with van der Waals surface area (Å²) in [5.41, 5.74) is -0.339. The monoisotopic (exact) mass is 626 g/mol. The largest absolute Gasteiger partial charge is 0.497 e. The Kier molecular flexibility index (Phi) is 8.40. The molecule has 38 heavy (non-hydrogen) atoms. The standard InChI is InChI=1S/C30H31IN2O5/c1-4-38-28(36)30(18-21-8-6-5-7-9-21)29(2,19-26(34)32-24-14-12-23(31)13-15-24)27(35)33(30)20-22-10-16-25(37-3)17-11-22/h5-17H,4,18-20H2,1-3H3,(H,32,34)/t29-,30+/m0/s1. The predicted octanol–water partition coefficient (Wildman–Crippen LogP) is 5.22. The Labute approximate surface area is 236 Å². The summed E-state index contributed by atoms with van der Waals surface area (Å²) in [5.74, 6) is -0.425. The van der Waals surface area contributed by atoms with Crippen LogP contribution < -0.4 is 10.1 Å². The maximum absolute atomic E-state index is 13.9. The SMILES string of the molecule is CCOC(=O)[C@@]1(Cc2ccccc2)N(Cc2ccc(OC)cc2)C(=O)[C@]1(C)CC(=O)Nc1ccc(I)cc1.